The molecule has 0 spiro atoms. The van der Waals surface area contributed by atoms with Gasteiger partial charge in [-0.1, -0.05) is 95.1 Å². The first-order chi connectivity index (χ1) is 22.0. The lowest BCUT2D eigenvalue weighted by molar-refractivity contribution is 0.0458. The molecule has 0 aromatic heterocycles. The van der Waals surface area contributed by atoms with Crippen molar-refractivity contribution in [2.45, 2.75) is 49.3 Å². The van der Waals surface area contributed by atoms with E-state index in [9.17, 15) is 14.7 Å². The molecule has 0 fully saturated rings. The molecule has 0 atom stereocenters. The Balaban J connectivity index is 0.000000460. The summed E-state index contributed by atoms with van der Waals surface area (Å²) in [7, 11) is 3.06. The van der Waals surface area contributed by atoms with Crippen molar-refractivity contribution in [1.82, 2.24) is 4.90 Å². The quantitative estimate of drug-likeness (QED) is 0.120. The second-order valence-electron chi connectivity index (χ2n) is 9.98. The molecule has 1 heterocycles. The average molecular weight is 662 g/mol. The lowest BCUT2D eigenvalue weighted by Gasteiger charge is -2.23. The van der Waals surface area contributed by atoms with Gasteiger partial charge in [0.1, 0.15) is 23.7 Å². The highest BCUT2D eigenvalue weighted by molar-refractivity contribution is 6.00. The van der Waals surface area contributed by atoms with Crippen LogP contribution in [-0.4, -0.2) is 62.8 Å². The largest absolute Gasteiger partial charge is 0.467 e. The predicted octanol–water partition coefficient (Wildman–Crippen LogP) is 8.23. The summed E-state index contributed by atoms with van der Waals surface area (Å²) in [6.07, 6.45) is 0. The van der Waals surface area contributed by atoms with E-state index in [1.165, 1.54) is 14.2 Å². The van der Waals surface area contributed by atoms with Gasteiger partial charge in [-0.2, -0.15) is 0 Å². The van der Waals surface area contributed by atoms with E-state index in [0.29, 0.717) is 41.3 Å². The molecule has 0 bridgehead atoms. The zero-order valence-electron chi connectivity index (χ0n) is 26.1. The normalized spacial score (nSPS) is 10.9. The minimum Gasteiger partial charge on any atom is -0.467 e. The molecule has 9 heteroatoms. The van der Waals surface area contributed by atoms with Crippen molar-refractivity contribution in [3.63, 3.8) is 0 Å². The summed E-state index contributed by atoms with van der Waals surface area (Å²) in [5, 5.41) is 10.0. The molecule has 0 aliphatic carbocycles. The highest BCUT2D eigenvalue weighted by Crippen LogP contribution is 2.37. The van der Waals surface area contributed by atoms with Crippen LogP contribution in [0.25, 0.3) is 22.3 Å². The molecule has 0 saturated carbocycles. The fourth-order valence-corrected chi connectivity index (χ4v) is 5.17. The number of hydrogen-bond acceptors (Lipinski definition) is 8. The first-order valence-corrected chi connectivity index (χ1v) is 14.7. The molecule has 0 saturated heterocycles. The number of hydrogen-bond donors (Lipinski definition) is 1. The molecule has 1 amide bonds. The van der Waals surface area contributed by atoms with Crippen LogP contribution in [0.3, 0.4) is 0 Å². The zero-order chi connectivity index (χ0) is 32.2. The third kappa shape index (κ3) is 9.44. The number of esters is 1. The maximum absolute atomic E-state index is 13.0. The molecule has 260 valence electrons. The van der Waals surface area contributed by atoms with Gasteiger partial charge in [-0.25, -0.2) is 4.79 Å². The van der Waals surface area contributed by atoms with Crippen LogP contribution >= 0.6 is 0 Å². The SMILES string of the molecule is C.C.C.CCN(CC)C(=O)c1c(OCOC)ccc(-c2ccccc2)c1CO.COCOc1ccc(-c2ccccc2)c2c1C(=O)OC2. The Kier molecular flexibility index (Phi) is 17.7. The van der Waals surface area contributed by atoms with Gasteiger partial charge >= 0.3 is 5.97 Å². The van der Waals surface area contributed by atoms with Gasteiger partial charge in [0.2, 0.25) is 0 Å². The second kappa shape index (κ2) is 20.5. The topological polar surface area (TPSA) is 104 Å². The van der Waals surface area contributed by atoms with E-state index in [2.05, 4.69) is 0 Å². The third-order valence-electron chi connectivity index (χ3n) is 7.36. The van der Waals surface area contributed by atoms with E-state index in [1.807, 2.05) is 86.6 Å². The molecular weight excluding hydrogens is 610 g/mol. The lowest BCUT2D eigenvalue weighted by Crippen LogP contribution is -2.32. The van der Waals surface area contributed by atoms with E-state index in [4.69, 9.17) is 23.7 Å². The van der Waals surface area contributed by atoms with Crippen molar-refractivity contribution in [2.24, 2.45) is 0 Å². The first kappa shape index (κ1) is 41.3. The minimum absolute atomic E-state index is 0. The van der Waals surface area contributed by atoms with Gasteiger partial charge in [0.05, 0.1) is 12.2 Å². The van der Waals surface area contributed by atoms with E-state index < -0.39 is 0 Å². The maximum Gasteiger partial charge on any atom is 0.342 e. The van der Waals surface area contributed by atoms with Crippen LogP contribution in [0.5, 0.6) is 11.5 Å². The number of nitrogens with zero attached hydrogens (tertiary/aromatic N) is 1. The molecular formula is C39H51NO8. The van der Waals surface area contributed by atoms with Crippen LogP contribution in [0.15, 0.2) is 84.9 Å². The monoisotopic (exact) mass is 661 g/mol. The molecule has 1 aliphatic heterocycles. The van der Waals surface area contributed by atoms with Gasteiger partial charge in [-0.15, -0.1) is 0 Å². The van der Waals surface area contributed by atoms with Crippen molar-refractivity contribution >= 4 is 11.9 Å². The van der Waals surface area contributed by atoms with Gasteiger partial charge in [0, 0.05) is 38.4 Å². The smallest absolute Gasteiger partial charge is 0.342 e. The summed E-state index contributed by atoms with van der Waals surface area (Å²) in [6.45, 7) is 5.18. The Morgan fingerprint density at radius 2 is 1.25 bits per heavy atom. The van der Waals surface area contributed by atoms with Crippen molar-refractivity contribution in [3.8, 4) is 33.8 Å². The summed E-state index contributed by atoms with van der Waals surface area (Å²) < 4.78 is 26.0. The molecule has 48 heavy (non-hydrogen) atoms. The standard InChI is InChI=1S/C20H25NO4.C16H14O4.3CH4/c1-4-21(5-2)20(23)19-17(13-22)16(15-9-7-6-8-10-15)11-12-18(19)25-14-24-3;1-18-10-20-14-8-7-12(11-5-3-2-4-6-11)13-9-19-16(17)15(13)14;;;/h6-12,22H,4-5,13-14H2,1-3H3;2-8H,9-10H2,1H3;3*1H4. The van der Waals surface area contributed by atoms with Crippen LogP contribution in [-0.2, 0) is 27.4 Å². The first-order valence-electron chi connectivity index (χ1n) is 14.7. The molecule has 5 rings (SSSR count). The van der Waals surface area contributed by atoms with E-state index in [1.54, 1.807) is 17.0 Å². The van der Waals surface area contributed by atoms with Gasteiger partial charge in [0.25, 0.3) is 5.91 Å². The van der Waals surface area contributed by atoms with Crippen molar-refractivity contribution in [3.05, 3.63) is 107 Å². The number of carbonyl (C=O) groups is 2. The van der Waals surface area contributed by atoms with Crippen LogP contribution in [0.1, 0.15) is 68.0 Å². The van der Waals surface area contributed by atoms with Crippen molar-refractivity contribution < 1.29 is 38.4 Å². The number of benzene rings is 4. The molecule has 1 N–H and O–H groups in total. The molecule has 0 radical (unpaired) electrons. The zero-order valence-corrected chi connectivity index (χ0v) is 26.1. The summed E-state index contributed by atoms with van der Waals surface area (Å²) in [5.74, 6) is 0.424. The van der Waals surface area contributed by atoms with E-state index >= 15 is 0 Å². The van der Waals surface area contributed by atoms with Crippen LogP contribution in [0.4, 0.5) is 0 Å². The Bertz CT molecular complexity index is 1570. The maximum atomic E-state index is 13.0. The number of cyclic esters (lactones) is 1. The summed E-state index contributed by atoms with van der Waals surface area (Å²) in [4.78, 5) is 26.6. The molecule has 9 nitrogen and oxygen atoms in total. The number of carbonyl (C=O) groups excluding carboxylic acids is 2. The molecule has 4 aromatic carbocycles. The van der Waals surface area contributed by atoms with Gasteiger partial charge < -0.3 is 33.7 Å². The van der Waals surface area contributed by atoms with Gasteiger partial charge in [0.15, 0.2) is 13.6 Å². The second-order valence-corrected chi connectivity index (χ2v) is 9.98. The average Bonchev–Trinajstić information content (AvgIpc) is 3.48. The fraction of sp³-hybridized carbons (Fsp3) is 0.333. The minimum atomic E-state index is -0.344. The third-order valence-corrected chi connectivity index (χ3v) is 7.36. The summed E-state index contributed by atoms with van der Waals surface area (Å²) >= 11 is 0. The number of amides is 1. The lowest BCUT2D eigenvalue weighted by atomic mass is 9.94. The van der Waals surface area contributed by atoms with Crippen LogP contribution in [0, 0.1) is 0 Å². The Morgan fingerprint density at radius 3 is 1.77 bits per heavy atom. The van der Waals surface area contributed by atoms with Gasteiger partial charge in [-0.05, 0) is 48.2 Å². The van der Waals surface area contributed by atoms with Gasteiger partial charge in [-0.3, -0.25) is 4.79 Å². The number of methoxy groups -OCH3 is 2. The van der Waals surface area contributed by atoms with Crippen molar-refractivity contribution in [1.29, 1.82) is 0 Å². The number of rotatable bonds is 12. The van der Waals surface area contributed by atoms with E-state index in [-0.39, 0.29) is 61.0 Å². The number of ether oxygens (including phenoxy) is 5. The number of fused-ring (bicyclic) bond motifs is 1. The highest BCUT2D eigenvalue weighted by Gasteiger charge is 2.29. The highest BCUT2D eigenvalue weighted by atomic mass is 16.7. The van der Waals surface area contributed by atoms with E-state index in [0.717, 1.165) is 27.8 Å². The Morgan fingerprint density at radius 1 is 0.750 bits per heavy atom. The molecule has 4 aromatic rings. The van der Waals surface area contributed by atoms with Crippen LogP contribution < -0.4 is 9.47 Å². The van der Waals surface area contributed by atoms with Crippen molar-refractivity contribution in [2.75, 3.05) is 40.9 Å². The summed E-state index contributed by atoms with van der Waals surface area (Å²) in [6, 6.07) is 27.0. The molecule has 1 aliphatic rings. The Labute approximate surface area is 286 Å². The fourth-order valence-electron chi connectivity index (χ4n) is 5.17. The predicted molar refractivity (Wildman–Crippen MR) is 191 cm³/mol. The van der Waals surface area contributed by atoms with Crippen LogP contribution in [0.2, 0.25) is 0 Å². The Hall–Kier alpha value is -4.70. The number of aliphatic hydroxyl groups is 1. The molecule has 0 unspecified atom stereocenters. The number of aliphatic hydroxyl groups excluding tert-OH is 1. The summed E-state index contributed by atoms with van der Waals surface area (Å²) in [5.41, 5.74) is 6.15.